The van der Waals surface area contributed by atoms with E-state index in [1.54, 1.807) is 0 Å². The van der Waals surface area contributed by atoms with Crippen molar-refractivity contribution in [3.63, 3.8) is 0 Å². The van der Waals surface area contributed by atoms with Crippen LogP contribution in [0.2, 0.25) is 0 Å². The molecule has 0 bridgehead atoms. The monoisotopic (exact) mass is 264 g/mol. The second kappa shape index (κ2) is 6.51. The summed E-state index contributed by atoms with van der Waals surface area (Å²) in [6.45, 7) is 5.18. The zero-order chi connectivity index (χ0) is 13.7. The van der Waals surface area contributed by atoms with Crippen LogP contribution in [0.3, 0.4) is 0 Å². The zero-order valence-corrected chi connectivity index (χ0v) is 11.8. The third kappa shape index (κ3) is 3.56. The van der Waals surface area contributed by atoms with E-state index in [0.29, 0.717) is 13.2 Å². The van der Waals surface area contributed by atoms with Gasteiger partial charge in [0, 0.05) is 25.6 Å². The summed E-state index contributed by atoms with van der Waals surface area (Å²) in [4.78, 5) is 0. The van der Waals surface area contributed by atoms with Crippen LogP contribution < -0.4 is 0 Å². The first kappa shape index (κ1) is 14.5. The normalized spacial score (nSPS) is 22.2. The number of hydrogen-bond donors (Lipinski definition) is 1. The summed E-state index contributed by atoms with van der Waals surface area (Å²) in [6, 6.07) is 10.3. The number of benzene rings is 1. The fourth-order valence-corrected chi connectivity index (χ4v) is 2.70. The highest BCUT2D eigenvalue weighted by atomic mass is 16.7. The molecule has 19 heavy (non-hydrogen) atoms. The Morgan fingerprint density at radius 1 is 1.21 bits per heavy atom. The molecule has 3 nitrogen and oxygen atoms in total. The van der Waals surface area contributed by atoms with E-state index >= 15 is 0 Å². The van der Waals surface area contributed by atoms with E-state index in [1.807, 2.05) is 32.0 Å². The first-order valence-corrected chi connectivity index (χ1v) is 7.21. The highest BCUT2D eigenvalue weighted by Gasteiger charge is 2.59. The number of hydrogen-bond acceptors (Lipinski definition) is 3. The highest BCUT2D eigenvalue weighted by Crippen LogP contribution is 2.50. The van der Waals surface area contributed by atoms with Gasteiger partial charge in [0.2, 0.25) is 0 Å². The second-order valence-corrected chi connectivity index (χ2v) is 5.08. The molecule has 0 spiro atoms. The predicted molar refractivity (Wildman–Crippen MR) is 74.9 cm³/mol. The molecule has 1 aromatic carbocycles. The van der Waals surface area contributed by atoms with Crippen LogP contribution in [0.25, 0.3) is 0 Å². The van der Waals surface area contributed by atoms with Crippen molar-refractivity contribution in [3.8, 4) is 0 Å². The summed E-state index contributed by atoms with van der Waals surface area (Å²) >= 11 is 0. The maximum absolute atomic E-state index is 10.3. The Morgan fingerprint density at radius 3 is 2.42 bits per heavy atom. The van der Waals surface area contributed by atoms with Crippen LogP contribution in [0, 0.1) is 5.92 Å². The van der Waals surface area contributed by atoms with E-state index in [1.165, 1.54) is 5.56 Å². The molecule has 2 unspecified atom stereocenters. The number of aliphatic hydroxyl groups excluding tert-OH is 1. The molecule has 2 atom stereocenters. The van der Waals surface area contributed by atoms with Gasteiger partial charge in [0.05, 0.1) is 6.10 Å². The Hall–Kier alpha value is -0.900. The quantitative estimate of drug-likeness (QED) is 0.734. The second-order valence-electron chi connectivity index (χ2n) is 5.08. The third-order valence-electron chi connectivity index (χ3n) is 3.72. The van der Waals surface area contributed by atoms with Crippen molar-refractivity contribution in [2.24, 2.45) is 5.92 Å². The highest BCUT2D eigenvalue weighted by molar-refractivity contribution is 5.15. The van der Waals surface area contributed by atoms with Crippen LogP contribution in [0.15, 0.2) is 30.3 Å². The maximum atomic E-state index is 10.3. The molecular formula is C16H24O3. The first-order chi connectivity index (χ1) is 9.22. The average molecular weight is 264 g/mol. The molecular weight excluding hydrogens is 240 g/mol. The van der Waals surface area contributed by atoms with Gasteiger partial charge < -0.3 is 14.6 Å². The third-order valence-corrected chi connectivity index (χ3v) is 3.72. The molecule has 0 saturated heterocycles. The summed E-state index contributed by atoms with van der Waals surface area (Å²) in [5.41, 5.74) is 1.26. The molecule has 106 valence electrons. The van der Waals surface area contributed by atoms with Gasteiger partial charge in [-0.2, -0.15) is 0 Å². The predicted octanol–water partition coefficient (Wildman–Crippen LogP) is 2.77. The van der Waals surface area contributed by atoms with Crippen LogP contribution in [-0.4, -0.2) is 30.2 Å². The van der Waals surface area contributed by atoms with Gasteiger partial charge in [-0.25, -0.2) is 0 Å². The maximum Gasteiger partial charge on any atom is 0.174 e. The van der Waals surface area contributed by atoms with E-state index in [0.717, 1.165) is 19.3 Å². The minimum atomic E-state index is -0.514. The van der Waals surface area contributed by atoms with E-state index < -0.39 is 5.79 Å². The molecule has 0 radical (unpaired) electrons. The molecule has 1 saturated carbocycles. The average Bonchev–Trinajstić information content (AvgIpc) is 3.12. The number of aliphatic hydroxyl groups is 1. The first-order valence-electron chi connectivity index (χ1n) is 7.21. The molecule has 1 aliphatic rings. The van der Waals surface area contributed by atoms with Crippen molar-refractivity contribution < 1.29 is 14.6 Å². The lowest BCUT2D eigenvalue weighted by Crippen LogP contribution is -2.27. The molecule has 1 aromatic rings. The molecule has 0 amide bonds. The van der Waals surface area contributed by atoms with Gasteiger partial charge in [-0.15, -0.1) is 0 Å². The Labute approximate surface area is 115 Å². The smallest absolute Gasteiger partial charge is 0.174 e. The fourth-order valence-electron chi connectivity index (χ4n) is 2.70. The van der Waals surface area contributed by atoms with Crippen molar-refractivity contribution in [1.82, 2.24) is 0 Å². The van der Waals surface area contributed by atoms with Crippen LogP contribution in [0.1, 0.15) is 32.3 Å². The Kier molecular flexibility index (Phi) is 4.97. The molecule has 0 aliphatic heterocycles. The van der Waals surface area contributed by atoms with Gasteiger partial charge in [0.15, 0.2) is 5.79 Å². The van der Waals surface area contributed by atoms with Crippen molar-refractivity contribution in [2.45, 2.75) is 45.0 Å². The number of aryl methyl sites for hydroxylation is 1. The van der Waals surface area contributed by atoms with Crippen LogP contribution in [-0.2, 0) is 15.9 Å². The lowest BCUT2D eigenvalue weighted by Gasteiger charge is -2.20. The minimum Gasteiger partial charge on any atom is -0.393 e. The topological polar surface area (TPSA) is 38.7 Å². The van der Waals surface area contributed by atoms with Gasteiger partial charge in [-0.3, -0.25) is 0 Å². The van der Waals surface area contributed by atoms with E-state index in [4.69, 9.17) is 9.47 Å². The van der Waals surface area contributed by atoms with Crippen molar-refractivity contribution in [1.29, 1.82) is 0 Å². The molecule has 3 heteroatoms. The SMILES string of the molecule is CCOC1(OCC)CC1C(O)CCc1ccccc1. The largest absolute Gasteiger partial charge is 0.393 e. The molecule has 1 N–H and O–H groups in total. The lowest BCUT2D eigenvalue weighted by atomic mass is 10.0. The molecule has 1 aliphatic carbocycles. The van der Waals surface area contributed by atoms with Gasteiger partial charge in [0.1, 0.15) is 0 Å². The zero-order valence-electron chi connectivity index (χ0n) is 11.8. The van der Waals surface area contributed by atoms with Crippen LogP contribution >= 0.6 is 0 Å². The summed E-state index contributed by atoms with van der Waals surface area (Å²) in [6.07, 6.45) is 2.12. The Balaban J connectivity index is 1.83. The van der Waals surface area contributed by atoms with E-state index in [-0.39, 0.29) is 12.0 Å². The number of rotatable bonds is 8. The molecule has 0 aromatic heterocycles. The van der Waals surface area contributed by atoms with Crippen LogP contribution in [0.5, 0.6) is 0 Å². The molecule has 2 rings (SSSR count). The van der Waals surface area contributed by atoms with Crippen LogP contribution in [0.4, 0.5) is 0 Å². The van der Waals surface area contributed by atoms with E-state index in [2.05, 4.69) is 12.1 Å². The summed E-state index contributed by atoms with van der Waals surface area (Å²) in [5.74, 6) is -0.393. The molecule has 1 fully saturated rings. The summed E-state index contributed by atoms with van der Waals surface area (Å²) in [7, 11) is 0. The fraction of sp³-hybridized carbons (Fsp3) is 0.625. The van der Waals surface area contributed by atoms with Gasteiger partial charge in [-0.1, -0.05) is 30.3 Å². The van der Waals surface area contributed by atoms with Gasteiger partial charge >= 0.3 is 0 Å². The summed E-state index contributed by atoms with van der Waals surface area (Å²) < 4.78 is 11.4. The van der Waals surface area contributed by atoms with Crippen molar-refractivity contribution in [3.05, 3.63) is 35.9 Å². The van der Waals surface area contributed by atoms with Gasteiger partial charge in [-0.05, 0) is 32.3 Å². The van der Waals surface area contributed by atoms with Gasteiger partial charge in [0.25, 0.3) is 0 Å². The van der Waals surface area contributed by atoms with Crippen molar-refractivity contribution >= 4 is 0 Å². The van der Waals surface area contributed by atoms with Crippen molar-refractivity contribution in [2.75, 3.05) is 13.2 Å². The Bertz CT molecular complexity index is 371. The lowest BCUT2D eigenvalue weighted by molar-refractivity contribution is -0.179. The Morgan fingerprint density at radius 2 is 1.84 bits per heavy atom. The summed E-state index contributed by atoms with van der Waals surface area (Å²) in [5, 5.41) is 10.3. The minimum absolute atomic E-state index is 0.121. The standard InChI is InChI=1S/C16H24O3/c1-3-18-16(19-4-2)12-14(16)15(17)11-10-13-8-6-5-7-9-13/h5-9,14-15,17H,3-4,10-12H2,1-2H3. The number of ether oxygens (including phenoxy) is 2. The molecule has 0 heterocycles. The van der Waals surface area contributed by atoms with E-state index in [9.17, 15) is 5.11 Å².